The lowest BCUT2D eigenvalue weighted by atomic mass is 9.61. The summed E-state index contributed by atoms with van der Waals surface area (Å²) in [5.41, 5.74) is 2.87. The predicted molar refractivity (Wildman–Crippen MR) is 68.9 cm³/mol. The third-order valence-electron chi connectivity index (χ3n) is 4.38. The molecule has 0 saturated heterocycles. The van der Waals surface area contributed by atoms with Crippen molar-refractivity contribution in [1.29, 1.82) is 0 Å². The molecular weight excluding hydrogens is 180 g/mol. The average Bonchev–Trinajstić information content (AvgIpc) is 2.20. The maximum absolute atomic E-state index is 4.23. The van der Waals surface area contributed by atoms with E-state index in [1.165, 1.54) is 49.7 Å². The second-order valence-electron chi connectivity index (χ2n) is 5.22. The summed E-state index contributed by atoms with van der Waals surface area (Å²) in [6.45, 7) is 15.1. The van der Waals surface area contributed by atoms with Crippen LogP contribution in [-0.4, -0.2) is 0 Å². The Kier molecular flexibility index (Phi) is 4.19. The largest absolute Gasteiger partial charge is 0.0992 e. The molecule has 0 radical (unpaired) electrons. The van der Waals surface area contributed by atoms with E-state index in [9.17, 15) is 0 Å². The van der Waals surface area contributed by atoms with Crippen LogP contribution in [0.4, 0.5) is 0 Å². The molecule has 1 rings (SSSR count). The van der Waals surface area contributed by atoms with Crippen LogP contribution in [0, 0.1) is 11.3 Å². The molecular formula is C15H26. The summed E-state index contributed by atoms with van der Waals surface area (Å²) in [5.74, 6) is 0.797. The number of hydrogen-bond donors (Lipinski definition) is 0. The Morgan fingerprint density at radius 1 is 1.07 bits per heavy atom. The lowest BCUT2D eigenvalue weighted by Crippen LogP contribution is -2.33. The Bertz CT molecular complexity index is 227. The molecule has 1 saturated carbocycles. The molecule has 0 N–H and O–H groups in total. The summed E-state index contributed by atoms with van der Waals surface area (Å²) in [6.07, 6.45) is 8.12. The number of rotatable bonds is 4. The van der Waals surface area contributed by atoms with Crippen molar-refractivity contribution < 1.29 is 0 Å². The summed E-state index contributed by atoms with van der Waals surface area (Å²) in [4.78, 5) is 0. The van der Waals surface area contributed by atoms with Gasteiger partial charge in [0.25, 0.3) is 0 Å². The van der Waals surface area contributed by atoms with Crippen molar-refractivity contribution in [1.82, 2.24) is 0 Å². The molecule has 1 aliphatic rings. The highest BCUT2D eigenvalue weighted by molar-refractivity contribution is 5.25. The second kappa shape index (κ2) is 5.01. The zero-order valence-electron chi connectivity index (χ0n) is 10.7. The highest BCUT2D eigenvalue weighted by Gasteiger charge is 2.38. The minimum atomic E-state index is 0.223. The van der Waals surface area contributed by atoms with Crippen LogP contribution in [0.3, 0.4) is 0 Å². The minimum absolute atomic E-state index is 0.223. The van der Waals surface area contributed by atoms with Gasteiger partial charge in [0, 0.05) is 5.41 Å². The van der Waals surface area contributed by atoms with Crippen molar-refractivity contribution in [3.63, 3.8) is 0 Å². The fraction of sp³-hybridized carbons (Fsp3) is 0.733. The van der Waals surface area contributed by atoms with Gasteiger partial charge in [-0.25, -0.2) is 0 Å². The summed E-state index contributed by atoms with van der Waals surface area (Å²) in [5, 5.41) is 0. The molecule has 86 valence electrons. The smallest absolute Gasteiger partial charge is 0.0135 e. The lowest BCUT2D eigenvalue weighted by molar-refractivity contribution is 0.189. The molecule has 1 fully saturated rings. The molecule has 0 aliphatic heterocycles. The molecule has 0 aromatic heterocycles. The summed E-state index contributed by atoms with van der Waals surface area (Å²) >= 11 is 0. The van der Waals surface area contributed by atoms with Crippen molar-refractivity contribution in [2.24, 2.45) is 11.3 Å². The molecule has 0 aromatic rings. The highest BCUT2D eigenvalue weighted by Crippen LogP contribution is 2.49. The van der Waals surface area contributed by atoms with Crippen LogP contribution >= 0.6 is 0 Å². The highest BCUT2D eigenvalue weighted by atomic mass is 14.4. The normalized spacial score (nSPS) is 18.9. The van der Waals surface area contributed by atoms with Crippen molar-refractivity contribution in [2.75, 3.05) is 0 Å². The molecule has 0 atom stereocenters. The standard InChI is InChI=1S/C15H26/c1-6-15(12(2)3,13(4)5)14-10-8-7-9-11-14/h14H,2,4,6-11H2,1,3,5H3. The quantitative estimate of drug-likeness (QED) is 0.560. The van der Waals surface area contributed by atoms with Gasteiger partial charge in [-0.05, 0) is 39.0 Å². The van der Waals surface area contributed by atoms with Crippen molar-refractivity contribution in [3.05, 3.63) is 24.3 Å². The monoisotopic (exact) mass is 206 g/mol. The van der Waals surface area contributed by atoms with Crippen molar-refractivity contribution in [2.45, 2.75) is 59.3 Å². The van der Waals surface area contributed by atoms with Gasteiger partial charge in [-0.2, -0.15) is 0 Å². The minimum Gasteiger partial charge on any atom is -0.0992 e. The average molecular weight is 206 g/mol. The van der Waals surface area contributed by atoms with E-state index in [0.717, 1.165) is 5.92 Å². The molecule has 15 heavy (non-hydrogen) atoms. The van der Waals surface area contributed by atoms with Gasteiger partial charge in [-0.15, -0.1) is 0 Å². The third-order valence-corrected chi connectivity index (χ3v) is 4.38. The van der Waals surface area contributed by atoms with Crippen LogP contribution in [0.25, 0.3) is 0 Å². The first kappa shape index (κ1) is 12.5. The summed E-state index contributed by atoms with van der Waals surface area (Å²) < 4.78 is 0. The molecule has 0 aromatic carbocycles. The van der Waals surface area contributed by atoms with Crippen LogP contribution < -0.4 is 0 Å². The Morgan fingerprint density at radius 2 is 1.53 bits per heavy atom. The Labute approximate surface area is 95.5 Å². The van der Waals surface area contributed by atoms with Gasteiger partial charge >= 0.3 is 0 Å². The molecule has 0 unspecified atom stereocenters. The first-order chi connectivity index (χ1) is 7.05. The zero-order valence-corrected chi connectivity index (χ0v) is 10.7. The Hall–Kier alpha value is -0.520. The zero-order chi connectivity index (χ0) is 11.5. The lowest BCUT2D eigenvalue weighted by Gasteiger charge is -2.44. The van der Waals surface area contributed by atoms with Crippen LogP contribution in [0.5, 0.6) is 0 Å². The fourth-order valence-corrected chi connectivity index (χ4v) is 3.55. The van der Waals surface area contributed by atoms with Gasteiger partial charge in [0.15, 0.2) is 0 Å². The van der Waals surface area contributed by atoms with Crippen LogP contribution in [0.15, 0.2) is 24.3 Å². The Balaban J connectivity index is 2.96. The van der Waals surface area contributed by atoms with Crippen LogP contribution in [0.1, 0.15) is 59.3 Å². The molecule has 0 heterocycles. The Morgan fingerprint density at radius 3 is 1.87 bits per heavy atom. The molecule has 0 heteroatoms. The fourth-order valence-electron chi connectivity index (χ4n) is 3.55. The van der Waals surface area contributed by atoms with Crippen LogP contribution in [0.2, 0.25) is 0 Å². The van der Waals surface area contributed by atoms with Gasteiger partial charge in [-0.3, -0.25) is 0 Å². The van der Waals surface area contributed by atoms with E-state index >= 15 is 0 Å². The van der Waals surface area contributed by atoms with E-state index in [1.807, 2.05) is 0 Å². The topological polar surface area (TPSA) is 0 Å². The first-order valence-corrected chi connectivity index (χ1v) is 6.37. The summed E-state index contributed by atoms with van der Waals surface area (Å²) in [7, 11) is 0. The maximum atomic E-state index is 4.23. The summed E-state index contributed by atoms with van der Waals surface area (Å²) in [6, 6.07) is 0. The van der Waals surface area contributed by atoms with E-state index in [4.69, 9.17) is 0 Å². The van der Waals surface area contributed by atoms with Gasteiger partial charge in [0.1, 0.15) is 0 Å². The molecule has 1 aliphatic carbocycles. The van der Waals surface area contributed by atoms with Crippen molar-refractivity contribution in [3.8, 4) is 0 Å². The second-order valence-corrected chi connectivity index (χ2v) is 5.22. The molecule has 0 bridgehead atoms. The van der Waals surface area contributed by atoms with Crippen molar-refractivity contribution >= 4 is 0 Å². The molecule has 0 spiro atoms. The SMILES string of the molecule is C=C(C)C(CC)(C(=C)C)C1CCCCC1. The van der Waals surface area contributed by atoms with E-state index < -0.39 is 0 Å². The third kappa shape index (κ3) is 2.19. The predicted octanol–water partition coefficient (Wildman–Crippen LogP) is 5.12. The van der Waals surface area contributed by atoms with Gasteiger partial charge in [0.05, 0.1) is 0 Å². The van der Waals surface area contributed by atoms with Crippen LogP contribution in [-0.2, 0) is 0 Å². The van der Waals surface area contributed by atoms with Gasteiger partial charge in [-0.1, -0.05) is 50.5 Å². The maximum Gasteiger partial charge on any atom is 0.0135 e. The van der Waals surface area contributed by atoms with E-state index in [1.54, 1.807) is 0 Å². The first-order valence-electron chi connectivity index (χ1n) is 6.37. The van der Waals surface area contributed by atoms with E-state index in [2.05, 4.69) is 33.9 Å². The number of hydrogen-bond acceptors (Lipinski definition) is 0. The van der Waals surface area contributed by atoms with E-state index in [0.29, 0.717) is 0 Å². The molecule has 0 amide bonds. The number of allylic oxidation sites excluding steroid dienone is 2. The van der Waals surface area contributed by atoms with Gasteiger partial charge in [0.2, 0.25) is 0 Å². The molecule has 0 nitrogen and oxygen atoms in total. The van der Waals surface area contributed by atoms with Gasteiger partial charge < -0.3 is 0 Å². The van der Waals surface area contributed by atoms with E-state index in [-0.39, 0.29) is 5.41 Å².